The van der Waals surface area contributed by atoms with Gasteiger partial charge in [-0.25, -0.2) is 0 Å². The number of aryl methyl sites for hydroxylation is 1. The van der Waals surface area contributed by atoms with Gasteiger partial charge in [0.15, 0.2) is 5.11 Å². The molecule has 1 atom stereocenters. The van der Waals surface area contributed by atoms with Crippen molar-refractivity contribution in [1.29, 1.82) is 0 Å². The Morgan fingerprint density at radius 3 is 2.48 bits per heavy atom. The second-order valence-corrected chi connectivity index (χ2v) is 11.0. The summed E-state index contributed by atoms with van der Waals surface area (Å²) in [5.41, 5.74) is 6.24. The maximum absolute atomic E-state index is 12.7. The van der Waals surface area contributed by atoms with Crippen molar-refractivity contribution in [3.05, 3.63) is 55.9 Å². The van der Waals surface area contributed by atoms with Crippen LogP contribution >= 0.6 is 58.4 Å². The summed E-state index contributed by atoms with van der Waals surface area (Å²) in [6.07, 6.45) is 2.20. The molecule has 0 bridgehead atoms. The molecule has 176 valence electrons. The molecule has 0 saturated heterocycles. The number of alkyl halides is 3. The zero-order chi connectivity index (χ0) is 24.3. The van der Waals surface area contributed by atoms with Crippen LogP contribution in [0, 0.1) is 10.1 Å². The van der Waals surface area contributed by atoms with E-state index in [-0.39, 0.29) is 10.7 Å². The largest absolute Gasteiger partial charge is 0.365 e. The summed E-state index contributed by atoms with van der Waals surface area (Å²) < 4.78 is -2.08. The highest BCUT2D eigenvalue weighted by molar-refractivity contribution is 7.80. The van der Waals surface area contributed by atoms with Crippen molar-refractivity contribution in [3.8, 4) is 0 Å². The summed E-state index contributed by atoms with van der Waals surface area (Å²) in [4.78, 5) is 36.3. The number of fused-ring (bicyclic) bond motifs is 1. The fraction of sp³-hybridized carbons (Fsp3) is 0.316. The van der Waals surface area contributed by atoms with Crippen LogP contribution in [0.4, 0.5) is 10.7 Å². The second kappa shape index (κ2) is 10.4. The molecular weight excluding hydrogens is 533 g/mol. The van der Waals surface area contributed by atoms with Crippen LogP contribution in [0.15, 0.2) is 24.3 Å². The monoisotopic (exact) mass is 549 g/mol. The van der Waals surface area contributed by atoms with Crippen LogP contribution < -0.4 is 21.7 Å². The minimum absolute atomic E-state index is 0.0460. The van der Waals surface area contributed by atoms with Crippen molar-refractivity contribution in [3.63, 3.8) is 0 Å². The Morgan fingerprint density at radius 2 is 1.85 bits per heavy atom. The Balaban J connectivity index is 1.79. The number of carbonyl (C=O) groups excluding carboxylic acids is 2. The Bertz CT molecular complexity index is 1120. The van der Waals surface area contributed by atoms with Crippen LogP contribution in [0.2, 0.25) is 0 Å². The smallest absolute Gasteiger partial charge is 0.282 e. The highest BCUT2D eigenvalue weighted by Crippen LogP contribution is 2.38. The van der Waals surface area contributed by atoms with Gasteiger partial charge in [-0.3, -0.25) is 19.7 Å². The van der Waals surface area contributed by atoms with Crippen LogP contribution in [0.5, 0.6) is 0 Å². The normalized spacial score (nSPS) is 14.0. The van der Waals surface area contributed by atoms with Crippen LogP contribution in [0.25, 0.3) is 0 Å². The second-order valence-electron chi connectivity index (χ2n) is 7.10. The van der Waals surface area contributed by atoms with E-state index in [0.29, 0.717) is 10.6 Å². The van der Waals surface area contributed by atoms with Crippen LogP contribution in [0.3, 0.4) is 0 Å². The lowest BCUT2D eigenvalue weighted by atomic mass is 9.95. The Kier molecular flexibility index (Phi) is 8.01. The maximum Gasteiger partial charge on any atom is 0.282 e. The lowest BCUT2D eigenvalue weighted by Crippen LogP contribution is -2.56. The first-order valence-corrected chi connectivity index (χ1v) is 12.0. The molecule has 1 aromatic heterocycles. The molecule has 1 aliphatic rings. The summed E-state index contributed by atoms with van der Waals surface area (Å²) in [6.45, 7) is 0. The number of hydrogen-bond donors (Lipinski definition) is 4. The molecule has 0 fully saturated rings. The van der Waals surface area contributed by atoms with E-state index in [1.807, 2.05) is 0 Å². The maximum atomic E-state index is 12.7. The average Bonchev–Trinajstić information content (AvgIpc) is 3.10. The summed E-state index contributed by atoms with van der Waals surface area (Å²) >= 11 is 24.7. The van der Waals surface area contributed by atoms with Gasteiger partial charge in [0.1, 0.15) is 16.7 Å². The highest BCUT2D eigenvalue weighted by Gasteiger charge is 2.36. The molecule has 0 aliphatic heterocycles. The number of anilines is 1. The zero-order valence-electron chi connectivity index (χ0n) is 16.8. The number of nitro benzene ring substituents is 1. The number of carbonyl (C=O) groups is 2. The van der Waals surface area contributed by atoms with Gasteiger partial charge in [-0.1, -0.05) is 46.9 Å². The predicted octanol–water partition coefficient (Wildman–Crippen LogP) is 4.05. The summed E-state index contributed by atoms with van der Waals surface area (Å²) in [5.74, 6) is -1.43. The van der Waals surface area contributed by atoms with E-state index in [2.05, 4.69) is 16.0 Å². The Hall–Kier alpha value is -2.18. The van der Waals surface area contributed by atoms with E-state index in [9.17, 15) is 19.7 Å². The van der Waals surface area contributed by atoms with Gasteiger partial charge in [-0.05, 0) is 49.5 Å². The first kappa shape index (κ1) is 25.4. The summed E-state index contributed by atoms with van der Waals surface area (Å²) in [5, 5.41) is 19.6. The fourth-order valence-electron chi connectivity index (χ4n) is 3.42. The molecule has 9 nitrogen and oxygen atoms in total. The lowest BCUT2D eigenvalue weighted by molar-refractivity contribution is -0.385. The van der Waals surface area contributed by atoms with Gasteiger partial charge in [0.25, 0.3) is 17.5 Å². The number of para-hydroxylation sites is 1. The van der Waals surface area contributed by atoms with Crippen molar-refractivity contribution >= 4 is 86.0 Å². The number of nitrogens with zero attached hydrogens (tertiary/aromatic N) is 1. The highest BCUT2D eigenvalue weighted by atomic mass is 35.6. The number of nitrogens with one attached hydrogen (secondary N) is 3. The van der Waals surface area contributed by atoms with E-state index in [0.717, 1.165) is 36.1 Å². The SMILES string of the molecule is NC(=O)c1c(NC(=S)NC(NC(=O)c2ccccc2[N+](=O)[O-])C(Cl)(Cl)Cl)sc2c1CCCC2. The first-order chi connectivity index (χ1) is 15.5. The number of amides is 2. The van der Waals surface area contributed by atoms with E-state index < -0.39 is 32.4 Å². The molecule has 1 aromatic carbocycles. The van der Waals surface area contributed by atoms with Gasteiger partial charge in [0.05, 0.1) is 10.5 Å². The first-order valence-electron chi connectivity index (χ1n) is 9.62. The molecule has 1 aliphatic carbocycles. The molecule has 2 aromatic rings. The van der Waals surface area contributed by atoms with Crippen molar-refractivity contribution in [2.24, 2.45) is 5.73 Å². The van der Waals surface area contributed by atoms with Crippen molar-refractivity contribution in [1.82, 2.24) is 10.6 Å². The topological polar surface area (TPSA) is 139 Å². The standard InChI is InChI=1S/C19H18Cl3N5O4S2/c20-19(21,22)17(24-15(29)9-5-1-3-7-11(9)27(30)31)26-18(32)25-16-13(14(23)28)10-6-2-4-8-12(10)33-16/h1,3,5,7,17H,2,4,6,8H2,(H2,23,28)(H,24,29)(H2,25,26,32). The average molecular weight is 551 g/mol. The van der Waals surface area contributed by atoms with Gasteiger partial charge in [-0.2, -0.15) is 0 Å². The fourth-order valence-corrected chi connectivity index (χ4v) is 5.33. The van der Waals surface area contributed by atoms with E-state index in [1.165, 1.54) is 35.6 Å². The number of nitro groups is 1. The molecule has 33 heavy (non-hydrogen) atoms. The quantitative estimate of drug-likeness (QED) is 0.140. The Morgan fingerprint density at radius 1 is 1.18 bits per heavy atom. The third-order valence-electron chi connectivity index (χ3n) is 4.87. The third kappa shape index (κ3) is 6.04. The zero-order valence-corrected chi connectivity index (χ0v) is 20.7. The van der Waals surface area contributed by atoms with Crippen molar-refractivity contribution in [2.75, 3.05) is 5.32 Å². The van der Waals surface area contributed by atoms with Crippen LogP contribution in [-0.4, -0.2) is 31.8 Å². The van der Waals surface area contributed by atoms with Gasteiger partial charge >= 0.3 is 0 Å². The Labute approximate surface area is 213 Å². The minimum atomic E-state index is -2.08. The van der Waals surface area contributed by atoms with Gasteiger partial charge in [-0.15, -0.1) is 11.3 Å². The number of hydrogen-bond acceptors (Lipinski definition) is 6. The number of primary amides is 1. The molecular formula is C19H18Cl3N5O4S2. The summed E-state index contributed by atoms with van der Waals surface area (Å²) in [7, 11) is 0. The molecule has 5 N–H and O–H groups in total. The third-order valence-corrected chi connectivity index (χ3v) is 6.95. The number of halogens is 3. The van der Waals surface area contributed by atoms with Crippen LogP contribution in [-0.2, 0) is 12.8 Å². The number of thiophene rings is 1. The van der Waals surface area contributed by atoms with Crippen molar-refractivity contribution in [2.45, 2.75) is 35.6 Å². The molecule has 0 radical (unpaired) electrons. The number of nitrogens with two attached hydrogens (primary N) is 1. The summed E-state index contributed by atoms with van der Waals surface area (Å²) in [6, 6.07) is 5.35. The molecule has 3 rings (SSSR count). The molecule has 1 heterocycles. The number of thiocarbonyl (C=S) groups is 1. The van der Waals surface area contributed by atoms with E-state index in [1.54, 1.807) is 0 Å². The van der Waals surface area contributed by atoms with Gasteiger partial charge in [0, 0.05) is 10.9 Å². The number of benzene rings is 1. The lowest BCUT2D eigenvalue weighted by Gasteiger charge is -2.27. The van der Waals surface area contributed by atoms with E-state index in [4.69, 9.17) is 52.8 Å². The molecule has 0 saturated carbocycles. The molecule has 2 amide bonds. The predicted molar refractivity (Wildman–Crippen MR) is 133 cm³/mol. The molecule has 1 unspecified atom stereocenters. The van der Waals surface area contributed by atoms with Gasteiger partial charge in [0.2, 0.25) is 3.79 Å². The molecule has 0 spiro atoms. The van der Waals surface area contributed by atoms with Crippen molar-refractivity contribution < 1.29 is 14.5 Å². The minimum Gasteiger partial charge on any atom is -0.365 e. The molecule has 14 heteroatoms. The van der Waals surface area contributed by atoms with Crippen LogP contribution in [0.1, 0.15) is 44.0 Å². The van der Waals surface area contributed by atoms with Gasteiger partial charge < -0.3 is 21.7 Å². The number of rotatable bonds is 6. The van der Waals surface area contributed by atoms with E-state index >= 15 is 0 Å².